The molecule has 0 radical (unpaired) electrons. The average molecular weight is 503 g/mol. The zero-order valence-electron chi connectivity index (χ0n) is 18.2. The van der Waals surface area contributed by atoms with Crippen LogP contribution >= 0.6 is 0 Å². The number of carbonyl (C=O) groups excluding carboxylic acids is 1. The van der Waals surface area contributed by atoms with Crippen molar-refractivity contribution >= 4 is 31.5 Å². The zero-order chi connectivity index (χ0) is 24.3. The van der Waals surface area contributed by atoms with Crippen molar-refractivity contribution in [1.82, 2.24) is 14.5 Å². The number of morpholine rings is 1. The molecule has 1 saturated heterocycles. The third kappa shape index (κ3) is 5.30. The summed E-state index contributed by atoms with van der Waals surface area (Å²) in [6.45, 7) is 1.29. The molecule has 1 aliphatic rings. The number of nitrogens with one attached hydrogen (secondary N) is 1. The highest BCUT2D eigenvalue weighted by Gasteiger charge is 2.26. The number of sulfone groups is 1. The summed E-state index contributed by atoms with van der Waals surface area (Å²) < 4.78 is 55.1. The monoisotopic (exact) mass is 502 g/mol. The molecule has 1 aliphatic heterocycles. The fraction of sp³-hybridized carbons (Fsp3) is 0.227. The molecule has 0 spiro atoms. The quantitative estimate of drug-likeness (QED) is 0.539. The Morgan fingerprint density at radius 3 is 2.26 bits per heavy atom. The molecule has 10 nitrogen and oxygen atoms in total. The second-order valence-corrected chi connectivity index (χ2v) is 11.5. The van der Waals surface area contributed by atoms with E-state index in [9.17, 15) is 21.6 Å². The molecule has 34 heavy (non-hydrogen) atoms. The van der Waals surface area contributed by atoms with Gasteiger partial charge in [0.05, 0.1) is 23.8 Å². The maximum atomic E-state index is 12.7. The Morgan fingerprint density at radius 1 is 0.941 bits per heavy atom. The lowest BCUT2D eigenvalue weighted by atomic mass is 10.1. The summed E-state index contributed by atoms with van der Waals surface area (Å²) in [4.78, 5) is 12.8. The smallest absolute Gasteiger partial charge is 0.255 e. The van der Waals surface area contributed by atoms with Crippen LogP contribution in [0.2, 0.25) is 0 Å². The molecule has 1 N–H and O–H groups in total. The van der Waals surface area contributed by atoms with Crippen LogP contribution in [0.1, 0.15) is 10.4 Å². The number of nitrogens with zero attached hydrogens (tertiary/aromatic N) is 3. The Bertz CT molecular complexity index is 1400. The lowest BCUT2D eigenvalue weighted by Crippen LogP contribution is -2.40. The van der Waals surface area contributed by atoms with Crippen molar-refractivity contribution in [1.29, 1.82) is 0 Å². The number of amides is 1. The minimum atomic E-state index is -3.64. The second-order valence-electron chi connectivity index (χ2n) is 7.60. The van der Waals surface area contributed by atoms with Crippen molar-refractivity contribution in [3.63, 3.8) is 0 Å². The van der Waals surface area contributed by atoms with E-state index in [1.54, 1.807) is 24.3 Å². The van der Waals surface area contributed by atoms with Crippen LogP contribution in [0.25, 0.3) is 11.3 Å². The average Bonchev–Trinajstić information content (AvgIpc) is 2.84. The van der Waals surface area contributed by atoms with Gasteiger partial charge in [-0.2, -0.15) is 4.31 Å². The van der Waals surface area contributed by atoms with Gasteiger partial charge in [-0.15, -0.1) is 10.2 Å². The van der Waals surface area contributed by atoms with Crippen LogP contribution in [0.15, 0.2) is 70.6 Å². The van der Waals surface area contributed by atoms with Gasteiger partial charge in [-0.3, -0.25) is 4.79 Å². The minimum absolute atomic E-state index is 0.115. The van der Waals surface area contributed by atoms with E-state index in [1.165, 1.54) is 40.7 Å². The van der Waals surface area contributed by atoms with Gasteiger partial charge >= 0.3 is 0 Å². The summed E-state index contributed by atoms with van der Waals surface area (Å²) in [6, 6.07) is 15.5. The number of anilines is 1. The first-order chi connectivity index (χ1) is 16.1. The maximum absolute atomic E-state index is 12.7. The molecular weight excluding hydrogens is 480 g/mol. The van der Waals surface area contributed by atoms with Crippen LogP contribution in [-0.4, -0.2) is 69.8 Å². The molecule has 0 unspecified atom stereocenters. The largest absolute Gasteiger partial charge is 0.379 e. The van der Waals surface area contributed by atoms with Crippen LogP contribution < -0.4 is 5.32 Å². The molecule has 1 aromatic heterocycles. The Kier molecular flexibility index (Phi) is 6.75. The highest BCUT2D eigenvalue weighted by molar-refractivity contribution is 7.90. The van der Waals surface area contributed by atoms with E-state index in [1.807, 2.05) is 0 Å². The predicted octanol–water partition coefficient (Wildman–Crippen LogP) is 1.82. The molecule has 0 saturated carbocycles. The first-order valence-corrected chi connectivity index (χ1v) is 13.6. The number of rotatable bonds is 6. The number of ether oxygens (including phenoxy) is 1. The first-order valence-electron chi connectivity index (χ1n) is 10.3. The van der Waals surface area contributed by atoms with E-state index in [2.05, 4.69) is 15.5 Å². The normalized spacial score (nSPS) is 15.1. The van der Waals surface area contributed by atoms with Crippen LogP contribution in [0.4, 0.5) is 5.69 Å². The molecule has 0 bridgehead atoms. The fourth-order valence-corrected chi connectivity index (χ4v) is 5.26. The molecule has 2 heterocycles. The Labute approximate surface area is 197 Å². The van der Waals surface area contributed by atoms with Crippen molar-refractivity contribution in [2.45, 2.75) is 9.92 Å². The topological polar surface area (TPSA) is 136 Å². The summed E-state index contributed by atoms with van der Waals surface area (Å²) in [6.07, 6.45) is 1.05. The predicted molar refractivity (Wildman–Crippen MR) is 125 cm³/mol. The molecule has 2 aromatic carbocycles. The summed E-state index contributed by atoms with van der Waals surface area (Å²) in [7, 11) is -7.09. The van der Waals surface area contributed by atoms with Gasteiger partial charge in [-0.05, 0) is 48.5 Å². The molecule has 12 heteroatoms. The SMILES string of the molecule is CS(=O)(=O)c1ccc(-c2cccc(NC(=O)c3ccc(S(=O)(=O)N4CCOCC4)cc3)c2)nn1. The highest BCUT2D eigenvalue weighted by Crippen LogP contribution is 2.22. The zero-order valence-corrected chi connectivity index (χ0v) is 19.8. The van der Waals surface area contributed by atoms with Crippen LogP contribution in [0.3, 0.4) is 0 Å². The van der Waals surface area contributed by atoms with Gasteiger partial charge in [0.25, 0.3) is 5.91 Å². The van der Waals surface area contributed by atoms with E-state index >= 15 is 0 Å². The maximum Gasteiger partial charge on any atom is 0.255 e. The number of carbonyl (C=O) groups is 1. The van der Waals surface area contributed by atoms with E-state index < -0.39 is 25.8 Å². The van der Waals surface area contributed by atoms with Crippen molar-refractivity contribution < 1.29 is 26.4 Å². The van der Waals surface area contributed by atoms with Gasteiger partial charge < -0.3 is 10.1 Å². The summed E-state index contributed by atoms with van der Waals surface area (Å²) >= 11 is 0. The number of aromatic nitrogens is 2. The number of hydrogen-bond donors (Lipinski definition) is 1. The molecule has 1 fully saturated rings. The van der Waals surface area contributed by atoms with Gasteiger partial charge in [0.15, 0.2) is 14.9 Å². The van der Waals surface area contributed by atoms with E-state index in [0.29, 0.717) is 48.8 Å². The third-order valence-corrected chi connectivity index (χ3v) is 8.05. The minimum Gasteiger partial charge on any atom is -0.379 e. The number of sulfonamides is 1. The molecule has 178 valence electrons. The number of hydrogen-bond acceptors (Lipinski definition) is 8. The van der Waals surface area contributed by atoms with Gasteiger partial charge in [0.1, 0.15) is 0 Å². The third-order valence-electron chi connectivity index (χ3n) is 5.16. The summed E-state index contributed by atoms with van der Waals surface area (Å²) in [5.41, 5.74) is 1.86. The van der Waals surface area contributed by atoms with E-state index in [0.717, 1.165) is 6.26 Å². The summed E-state index contributed by atoms with van der Waals surface area (Å²) in [5.74, 6) is -0.411. The number of benzene rings is 2. The van der Waals surface area contributed by atoms with Crippen molar-refractivity contribution in [2.75, 3.05) is 37.9 Å². The molecule has 3 aromatic rings. The van der Waals surface area contributed by atoms with Crippen LogP contribution in [0.5, 0.6) is 0 Å². The highest BCUT2D eigenvalue weighted by atomic mass is 32.2. The molecule has 0 aliphatic carbocycles. The molecule has 4 rings (SSSR count). The lowest BCUT2D eigenvalue weighted by Gasteiger charge is -2.26. The van der Waals surface area contributed by atoms with Gasteiger partial charge in [-0.1, -0.05) is 12.1 Å². The van der Waals surface area contributed by atoms with Crippen LogP contribution in [-0.2, 0) is 24.6 Å². The van der Waals surface area contributed by atoms with Crippen molar-refractivity contribution in [3.8, 4) is 11.3 Å². The van der Waals surface area contributed by atoms with Gasteiger partial charge in [0, 0.05) is 36.2 Å². The molecular formula is C22H22N4O6S2. The van der Waals surface area contributed by atoms with Gasteiger partial charge in [-0.25, -0.2) is 16.8 Å². The Balaban J connectivity index is 1.48. The van der Waals surface area contributed by atoms with Crippen molar-refractivity contribution in [3.05, 3.63) is 66.2 Å². The van der Waals surface area contributed by atoms with Crippen LogP contribution in [0, 0.1) is 0 Å². The molecule has 1 amide bonds. The van der Waals surface area contributed by atoms with Crippen molar-refractivity contribution in [2.24, 2.45) is 0 Å². The lowest BCUT2D eigenvalue weighted by molar-refractivity contribution is 0.0730. The second kappa shape index (κ2) is 9.58. The fourth-order valence-electron chi connectivity index (χ4n) is 3.35. The Morgan fingerprint density at radius 2 is 1.65 bits per heavy atom. The van der Waals surface area contributed by atoms with E-state index in [-0.39, 0.29) is 9.92 Å². The van der Waals surface area contributed by atoms with E-state index in [4.69, 9.17) is 4.74 Å². The Hall–Kier alpha value is -3.19. The first kappa shape index (κ1) is 24.0. The van der Waals surface area contributed by atoms with Gasteiger partial charge in [0.2, 0.25) is 10.0 Å². The standard InChI is InChI=1S/C22H22N4O6S2/c1-33(28,29)21-10-9-20(24-25-21)17-3-2-4-18(15-17)23-22(27)16-5-7-19(8-6-16)34(30,31)26-11-13-32-14-12-26/h2-10,15H,11-14H2,1H3,(H,23,27). The molecule has 0 atom stereocenters. The summed E-state index contributed by atoms with van der Waals surface area (Å²) in [5, 5.41) is 10.3.